The van der Waals surface area contributed by atoms with E-state index in [-0.39, 0.29) is 5.91 Å². The second kappa shape index (κ2) is 11.2. The summed E-state index contributed by atoms with van der Waals surface area (Å²) in [5, 5.41) is 10.8. The third-order valence-corrected chi connectivity index (χ3v) is 5.36. The third-order valence-electron chi connectivity index (χ3n) is 4.36. The Labute approximate surface area is 184 Å². The van der Waals surface area contributed by atoms with Crippen molar-refractivity contribution in [3.05, 3.63) is 75.7 Å². The van der Waals surface area contributed by atoms with Crippen molar-refractivity contribution in [2.24, 2.45) is 0 Å². The van der Waals surface area contributed by atoms with Gasteiger partial charge in [-0.3, -0.25) is 20.2 Å². The Morgan fingerprint density at radius 1 is 1.00 bits per heavy atom. The first kappa shape index (κ1) is 21.7. The van der Waals surface area contributed by atoms with Gasteiger partial charge in [0.1, 0.15) is 0 Å². The number of anilines is 1. The topological polar surface area (TPSA) is 90.1 Å². The summed E-state index contributed by atoms with van der Waals surface area (Å²) >= 11 is 6.11. The summed E-state index contributed by atoms with van der Waals surface area (Å²) in [5.74, 6) is -0.142. The minimum Gasteiger partial charge on any atom is -0.281 e. The van der Waals surface area contributed by atoms with Gasteiger partial charge in [0.05, 0.1) is 0 Å². The quantitative estimate of drug-likeness (QED) is 0.358. The molecule has 0 aliphatic rings. The number of carbonyl (C=O) groups is 2. The van der Waals surface area contributed by atoms with Gasteiger partial charge in [-0.15, -0.1) is 5.10 Å². The minimum atomic E-state index is -0.527. The number of aromatic nitrogens is 2. The Morgan fingerprint density at radius 2 is 1.63 bits per heavy atom. The predicted molar refractivity (Wildman–Crippen MR) is 121 cm³/mol. The largest absolute Gasteiger partial charge is 0.339 e. The molecule has 0 fully saturated rings. The molecular weight excluding hydrogens is 418 g/mol. The number of benzene rings is 2. The van der Waals surface area contributed by atoms with E-state index in [4.69, 9.17) is 12.2 Å². The van der Waals surface area contributed by atoms with Crippen LogP contribution in [0.15, 0.2) is 60.7 Å². The highest BCUT2D eigenvalue weighted by molar-refractivity contribution is 7.73. The van der Waals surface area contributed by atoms with Gasteiger partial charge in [0.25, 0.3) is 0 Å². The lowest BCUT2D eigenvalue weighted by atomic mass is 10.1. The van der Waals surface area contributed by atoms with Gasteiger partial charge in [0, 0.05) is 13.0 Å². The van der Waals surface area contributed by atoms with Crippen molar-refractivity contribution in [2.45, 2.75) is 25.7 Å². The van der Waals surface area contributed by atoms with Crippen LogP contribution in [-0.2, 0) is 17.6 Å². The van der Waals surface area contributed by atoms with Gasteiger partial charge in [-0.1, -0.05) is 72.0 Å². The van der Waals surface area contributed by atoms with E-state index in [1.165, 1.54) is 10.6 Å². The molecule has 3 amide bonds. The zero-order valence-corrected chi connectivity index (χ0v) is 18.0. The number of hydrogen-bond donors (Lipinski definition) is 3. The lowest BCUT2D eigenvalue weighted by Gasteiger charge is -2.23. The number of urea groups is 1. The first-order chi connectivity index (χ1) is 14.6. The zero-order chi connectivity index (χ0) is 21.2. The van der Waals surface area contributed by atoms with Crippen molar-refractivity contribution in [3.8, 4) is 0 Å². The number of hydrazine groups is 1. The van der Waals surface area contributed by atoms with Crippen LogP contribution in [0, 0.1) is 3.95 Å². The number of H-pyrrole nitrogens is 1. The first-order valence-corrected chi connectivity index (χ1v) is 10.8. The number of amides is 3. The average molecular weight is 442 g/mol. The van der Waals surface area contributed by atoms with Gasteiger partial charge in [-0.25, -0.2) is 10.2 Å². The SMILES string of the molecule is O=C(Nc1n[nH]c(=S)s1)NN(CCCc1ccccc1)C(=O)CCc1ccccc1. The summed E-state index contributed by atoms with van der Waals surface area (Å²) in [6.45, 7) is 0.409. The Kier molecular flexibility index (Phi) is 8.10. The molecule has 3 N–H and O–H groups in total. The molecule has 0 saturated carbocycles. The van der Waals surface area contributed by atoms with Crippen LogP contribution in [0.2, 0.25) is 0 Å². The lowest BCUT2D eigenvalue weighted by Crippen LogP contribution is -2.48. The Bertz CT molecular complexity index is 1000. The van der Waals surface area contributed by atoms with E-state index >= 15 is 0 Å². The summed E-state index contributed by atoms with van der Waals surface area (Å²) in [5.41, 5.74) is 4.92. The van der Waals surface area contributed by atoms with Crippen molar-refractivity contribution in [3.63, 3.8) is 0 Å². The van der Waals surface area contributed by atoms with E-state index in [0.717, 1.165) is 29.7 Å². The fourth-order valence-electron chi connectivity index (χ4n) is 2.89. The van der Waals surface area contributed by atoms with Crippen LogP contribution in [0.25, 0.3) is 0 Å². The van der Waals surface area contributed by atoms with Gasteiger partial charge in [-0.05, 0) is 42.6 Å². The number of rotatable bonds is 8. The molecule has 156 valence electrons. The second-order valence-corrected chi connectivity index (χ2v) is 8.27. The molecule has 0 saturated heterocycles. The first-order valence-electron chi connectivity index (χ1n) is 9.61. The van der Waals surface area contributed by atoms with Crippen LogP contribution in [0.3, 0.4) is 0 Å². The average Bonchev–Trinajstić information content (AvgIpc) is 3.17. The zero-order valence-electron chi connectivity index (χ0n) is 16.3. The van der Waals surface area contributed by atoms with Crippen molar-refractivity contribution in [1.29, 1.82) is 0 Å². The van der Waals surface area contributed by atoms with Crippen molar-refractivity contribution >= 4 is 40.6 Å². The molecule has 0 unspecified atom stereocenters. The molecule has 0 aliphatic heterocycles. The van der Waals surface area contributed by atoms with E-state index in [9.17, 15) is 9.59 Å². The molecule has 1 aromatic heterocycles. The molecule has 7 nitrogen and oxygen atoms in total. The molecule has 2 aromatic carbocycles. The monoisotopic (exact) mass is 441 g/mol. The second-order valence-electron chi connectivity index (χ2n) is 6.60. The Morgan fingerprint density at radius 3 is 2.23 bits per heavy atom. The number of hydrogen-bond acceptors (Lipinski definition) is 5. The maximum absolute atomic E-state index is 12.8. The molecular formula is C21H23N5O2S2. The van der Waals surface area contributed by atoms with Crippen LogP contribution in [0.1, 0.15) is 24.0 Å². The molecule has 3 aromatic rings. The molecule has 9 heteroatoms. The summed E-state index contributed by atoms with van der Waals surface area (Å²) in [7, 11) is 0. The standard InChI is InChI=1S/C21H23N5O2S2/c27-18(14-13-17-10-5-2-6-11-17)26(15-7-12-16-8-3-1-4-9-16)25-19(28)22-20-23-24-21(29)30-20/h1-6,8-11H,7,12-15H2,(H,24,29)(H2,22,23,25,28). The Hall–Kier alpha value is -3.04. The van der Waals surface area contributed by atoms with Crippen molar-refractivity contribution < 1.29 is 9.59 Å². The fraction of sp³-hybridized carbons (Fsp3) is 0.238. The van der Waals surface area contributed by atoms with E-state index in [1.807, 2.05) is 60.7 Å². The van der Waals surface area contributed by atoms with Gasteiger partial charge in [0.15, 0.2) is 3.95 Å². The van der Waals surface area contributed by atoms with Crippen LogP contribution < -0.4 is 10.7 Å². The molecule has 0 bridgehead atoms. The van der Waals surface area contributed by atoms with Crippen LogP contribution in [0.4, 0.5) is 9.93 Å². The number of aryl methyl sites for hydroxylation is 2. The highest BCUT2D eigenvalue weighted by Gasteiger charge is 2.17. The lowest BCUT2D eigenvalue weighted by molar-refractivity contribution is -0.133. The number of aromatic amines is 1. The highest BCUT2D eigenvalue weighted by atomic mass is 32.1. The smallest absolute Gasteiger partial charge is 0.281 e. The van der Waals surface area contributed by atoms with Crippen LogP contribution in [0.5, 0.6) is 0 Å². The van der Waals surface area contributed by atoms with E-state index in [2.05, 4.69) is 20.9 Å². The van der Waals surface area contributed by atoms with Crippen molar-refractivity contribution in [2.75, 3.05) is 11.9 Å². The van der Waals surface area contributed by atoms with E-state index in [0.29, 0.717) is 28.5 Å². The number of nitrogens with one attached hydrogen (secondary N) is 3. The van der Waals surface area contributed by atoms with Gasteiger partial charge in [0.2, 0.25) is 11.0 Å². The molecule has 0 radical (unpaired) electrons. The third kappa shape index (κ3) is 7.09. The van der Waals surface area contributed by atoms with Gasteiger partial charge >= 0.3 is 6.03 Å². The van der Waals surface area contributed by atoms with Crippen LogP contribution >= 0.6 is 23.6 Å². The summed E-state index contributed by atoms with van der Waals surface area (Å²) in [4.78, 5) is 25.1. The predicted octanol–water partition coefficient (Wildman–Crippen LogP) is 4.33. The van der Waals surface area contributed by atoms with Gasteiger partial charge in [-0.2, -0.15) is 0 Å². The number of carbonyl (C=O) groups excluding carboxylic acids is 2. The molecule has 30 heavy (non-hydrogen) atoms. The number of nitrogens with zero attached hydrogens (tertiary/aromatic N) is 2. The molecule has 1 heterocycles. The summed E-state index contributed by atoms with van der Waals surface area (Å²) in [6.07, 6.45) is 2.45. The maximum atomic E-state index is 12.8. The molecule has 0 atom stereocenters. The normalized spacial score (nSPS) is 10.4. The highest BCUT2D eigenvalue weighted by Crippen LogP contribution is 2.11. The summed E-state index contributed by atoms with van der Waals surface area (Å²) in [6, 6.07) is 19.3. The molecule has 0 spiro atoms. The molecule has 3 rings (SSSR count). The molecule has 0 aliphatic carbocycles. The summed E-state index contributed by atoms with van der Waals surface area (Å²) < 4.78 is 0.462. The minimum absolute atomic E-state index is 0.142. The Balaban J connectivity index is 1.58. The fourth-order valence-corrected chi connectivity index (χ4v) is 3.68. The van der Waals surface area contributed by atoms with Crippen molar-refractivity contribution in [1.82, 2.24) is 20.6 Å². The van der Waals surface area contributed by atoms with E-state index in [1.54, 1.807) is 0 Å². The van der Waals surface area contributed by atoms with Crippen LogP contribution in [-0.4, -0.2) is 33.7 Å². The van der Waals surface area contributed by atoms with E-state index < -0.39 is 6.03 Å². The van der Waals surface area contributed by atoms with Gasteiger partial charge < -0.3 is 0 Å². The maximum Gasteiger partial charge on any atom is 0.339 e.